The van der Waals surface area contributed by atoms with E-state index in [1.807, 2.05) is 19.1 Å². The van der Waals surface area contributed by atoms with E-state index >= 15 is 0 Å². The average molecular weight is 524 g/mol. The van der Waals surface area contributed by atoms with Crippen LogP contribution in [0.15, 0.2) is 66.7 Å². The number of hydrogen-bond donors (Lipinski definition) is 2. The van der Waals surface area contributed by atoms with Gasteiger partial charge in [0.15, 0.2) is 0 Å². The Balaban J connectivity index is 0.000000886. The number of benzene rings is 3. The van der Waals surface area contributed by atoms with Crippen LogP contribution < -0.4 is 10.2 Å². The Hall–Kier alpha value is -4.11. The van der Waals surface area contributed by atoms with Crippen molar-refractivity contribution in [1.82, 2.24) is 9.55 Å². The molecule has 2 fully saturated rings. The highest BCUT2D eigenvalue weighted by Gasteiger charge is 2.28. The number of halogens is 1. The predicted octanol–water partition coefficient (Wildman–Crippen LogP) is 7.28. The SMILES string of the molecule is C#CC.Cc1cc(NC2CCN(c3nc4ccccc4n3CC3CC3)CC2)ccc1C(=N)c1cccc(F)c1.[HH]. The molecule has 1 aromatic heterocycles. The second-order valence-electron chi connectivity index (χ2n) is 10.6. The number of anilines is 2. The molecule has 1 saturated carbocycles. The van der Waals surface area contributed by atoms with E-state index in [2.05, 4.69) is 57.5 Å². The number of terminal acetylenes is 1. The van der Waals surface area contributed by atoms with E-state index in [-0.39, 0.29) is 7.24 Å². The number of para-hydroxylation sites is 2. The molecule has 1 saturated heterocycles. The molecule has 6 rings (SSSR count). The fraction of sp³-hybridized carbons (Fsp3) is 0.333. The summed E-state index contributed by atoms with van der Waals surface area (Å²) in [6.07, 6.45) is 9.36. The van der Waals surface area contributed by atoms with E-state index in [0.717, 1.165) is 66.7 Å². The van der Waals surface area contributed by atoms with Crippen molar-refractivity contribution in [2.24, 2.45) is 5.92 Å². The van der Waals surface area contributed by atoms with Gasteiger partial charge < -0.3 is 14.8 Å². The summed E-state index contributed by atoms with van der Waals surface area (Å²) >= 11 is 0. The Labute approximate surface area is 232 Å². The third kappa shape index (κ3) is 6.15. The van der Waals surface area contributed by atoms with Crippen LogP contribution in [0.3, 0.4) is 0 Å². The Morgan fingerprint density at radius 3 is 2.51 bits per heavy atom. The molecule has 0 radical (unpaired) electrons. The zero-order valence-corrected chi connectivity index (χ0v) is 22.8. The molecule has 2 aliphatic rings. The summed E-state index contributed by atoms with van der Waals surface area (Å²) in [4.78, 5) is 7.47. The molecular formula is C33H38FN5. The Bertz CT molecular complexity index is 1510. The number of aryl methyl sites for hydroxylation is 1. The lowest BCUT2D eigenvalue weighted by Crippen LogP contribution is -2.40. The second kappa shape index (κ2) is 11.7. The molecule has 2 N–H and O–H groups in total. The number of rotatable bonds is 7. The van der Waals surface area contributed by atoms with Crippen LogP contribution in [-0.2, 0) is 6.54 Å². The standard InChI is InChI=1S/C30H32FN5.C3H4.H2/c1-20-17-25(11-12-26(20)29(32)22-5-4-6-23(31)18-22)33-24-13-15-35(16-14-24)30-34-27-7-2-3-8-28(27)36(30)19-21-9-10-21;1-3-2;/h2-8,11-12,17-18,21,24,32-33H,9-10,13-16,19H2,1H3;1H,2H3;1H. The van der Waals surface area contributed by atoms with Crippen LogP contribution >= 0.6 is 0 Å². The molecule has 3 aromatic carbocycles. The summed E-state index contributed by atoms with van der Waals surface area (Å²) in [5.74, 6) is 3.86. The molecule has 5 nitrogen and oxygen atoms in total. The number of nitrogens with zero attached hydrogens (tertiary/aromatic N) is 3. The molecule has 4 aromatic rings. The van der Waals surface area contributed by atoms with E-state index < -0.39 is 0 Å². The van der Waals surface area contributed by atoms with Gasteiger partial charge >= 0.3 is 0 Å². The summed E-state index contributed by atoms with van der Waals surface area (Å²) in [5, 5.41) is 12.2. The smallest absolute Gasteiger partial charge is 0.206 e. The van der Waals surface area contributed by atoms with Gasteiger partial charge in [-0.25, -0.2) is 9.37 Å². The predicted molar refractivity (Wildman–Crippen MR) is 161 cm³/mol. The first-order valence-electron chi connectivity index (χ1n) is 13.8. The molecule has 6 heteroatoms. The van der Waals surface area contributed by atoms with Gasteiger partial charge in [-0.2, -0.15) is 0 Å². The van der Waals surface area contributed by atoms with Gasteiger partial charge in [-0.15, -0.1) is 12.3 Å². The van der Waals surface area contributed by atoms with Crippen molar-refractivity contribution in [3.8, 4) is 12.3 Å². The topological polar surface area (TPSA) is 56.9 Å². The monoisotopic (exact) mass is 523 g/mol. The number of hydrogen-bond acceptors (Lipinski definition) is 4. The van der Waals surface area contributed by atoms with Crippen LogP contribution in [0.2, 0.25) is 0 Å². The van der Waals surface area contributed by atoms with E-state index in [1.165, 1.54) is 30.5 Å². The third-order valence-electron chi connectivity index (χ3n) is 7.53. The van der Waals surface area contributed by atoms with E-state index in [1.54, 1.807) is 19.1 Å². The van der Waals surface area contributed by atoms with Crippen LogP contribution in [0.5, 0.6) is 0 Å². The maximum absolute atomic E-state index is 13.6. The zero-order valence-electron chi connectivity index (χ0n) is 22.8. The van der Waals surface area contributed by atoms with Crippen LogP contribution in [0, 0.1) is 36.4 Å². The molecule has 0 unspecified atom stereocenters. The maximum atomic E-state index is 13.6. The van der Waals surface area contributed by atoms with Crippen LogP contribution in [-0.4, -0.2) is 34.4 Å². The maximum Gasteiger partial charge on any atom is 0.206 e. The molecule has 2 heterocycles. The fourth-order valence-electron chi connectivity index (χ4n) is 5.34. The Morgan fingerprint density at radius 2 is 1.82 bits per heavy atom. The van der Waals surface area contributed by atoms with Gasteiger partial charge in [0, 0.05) is 43.9 Å². The zero-order chi connectivity index (χ0) is 27.4. The lowest BCUT2D eigenvalue weighted by Gasteiger charge is -2.34. The lowest BCUT2D eigenvalue weighted by molar-refractivity contribution is 0.509. The number of piperidine rings is 1. The van der Waals surface area contributed by atoms with E-state index in [0.29, 0.717) is 17.3 Å². The largest absolute Gasteiger partial charge is 0.382 e. The van der Waals surface area contributed by atoms with Gasteiger partial charge in [-0.3, -0.25) is 5.41 Å². The van der Waals surface area contributed by atoms with E-state index in [4.69, 9.17) is 10.4 Å². The number of imidazole rings is 1. The quantitative estimate of drug-likeness (QED) is 0.198. The Kier molecular flexibility index (Phi) is 7.97. The normalized spacial score (nSPS) is 15.4. The molecule has 1 aliphatic carbocycles. The first-order chi connectivity index (χ1) is 19.0. The summed E-state index contributed by atoms with van der Waals surface area (Å²) in [7, 11) is 0. The second-order valence-corrected chi connectivity index (χ2v) is 10.6. The minimum Gasteiger partial charge on any atom is -0.382 e. The summed E-state index contributed by atoms with van der Waals surface area (Å²) < 4.78 is 16.1. The number of fused-ring (bicyclic) bond motifs is 1. The molecule has 1 aliphatic heterocycles. The van der Waals surface area contributed by atoms with Crippen molar-refractivity contribution in [1.29, 1.82) is 5.41 Å². The van der Waals surface area contributed by atoms with Crippen LogP contribution in [0.25, 0.3) is 11.0 Å². The van der Waals surface area contributed by atoms with Crippen molar-refractivity contribution in [2.45, 2.75) is 52.1 Å². The van der Waals surface area contributed by atoms with Gasteiger partial charge in [-0.1, -0.05) is 30.3 Å². The highest BCUT2D eigenvalue weighted by molar-refractivity contribution is 6.11. The third-order valence-corrected chi connectivity index (χ3v) is 7.53. The van der Waals surface area contributed by atoms with Crippen LogP contribution in [0.4, 0.5) is 16.0 Å². The summed E-state index contributed by atoms with van der Waals surface area (Å²) in [5.41, 5.74) is 6.20. The van der Waals surface area contributed by atoms with Crippen molar-refractivity contribution in [3.05, 3.63) is 89.2 Å². The van der Waals surface area contributed by atoms with Gasteiger partial charge in [0.2, 0.25) is 5.95 Å². The van der Waals surface area contributed by atoms with E-state index in [9.17, 15) is 4.39 Å². The van der Waals surface area contributed by atoms with Crippen LogP contribution in [0.1, 0.15) is 50.7 Å². The molecule has 0 atom stereocenters. The fourth-order valence-corrected chi connectivity index (χ4v) is 5.34. The molecule has 0 amide bonds. The summed E-state index contributed by atoms with van der Waals surface area (Å²) in [6.45, 7) is 6.70. The van der Waals surface area contributed by atoms with Crippen molar-refractivity contribution in [3.63, 3.8) is 0 Å². The number of nitrogens with one attached hydrogen (secondary N) is 2. The molecule has 202 valence electrons. The van der Waals surface area contributed by atoms with Gasteiger partial charge in [0.1, 0.15) is 5.82 Å². The minimum absolute atomic E-state index is 0. The highest BCUT2D eigenvalue weighted by Crippen LogP contribution is 2.35. The molecule has 39 heavy (non-hydrogen) atoms. The van der Waals surface area contributed by atoms with Crippen molar-refractivity contribution in [2.75, 3.05) is 23.3 Å². The van der Waals surface area contributed by atoms with Gasteiger partial charge in [0.05, 0.1) is 16.7 Å². The summed E-state index contributed by atoms with van der Waals surface area (Å²) in [6, 6.07) is 21.3. The Morgan fingerprint density at radius 1 is 1.08 bits per heavy atom. The first-order valence-corrected chi connectivity index (χ1v) is 13.8. The van der Waals surface area contributed by atoms with Gasteiger partial charge in [0.25, 0.3) is 0 Å². The lowest BCUT2D eigenvalue weighted by atomic mass is 9.97. The van der Waals surface area contributed by atoms with Crippen molar-refractivity contribution >= 4 is 28.4 Å². The number of aromatic nitrogens is 2. The minimum atomic E-state index is -0.317. The average Bonchev–Trinajstić information content (AvgIpc) is 3.69. The highest BCUT2D eigenvalue weighted by atomic mass is 19.1. The molecule has 0 bridgehead atoms. The molecule has 0 spiro atoms. The molecular weight excluding hydrogens is 485 g/mol. The van der Waals surface area contributed by atoms with Gasteiger partial charge in [-0.05, 0) is 87.4 Å². The first kappa shape index (κ1) is 26.5. The van der Waals surface area contributed by atoms with Crippen molar-refractivity contribution < 1.29 is 5.82 Å².